The van der Waals surface area contributed by atoms with Crippen molar-refractivity contribution in [2.45, 2.75) is 13.8 Å². The van der Waals surface area contributed by atoms with Crippen LogP contribution in [0, 0.1) is 20.6 Å². The maximum Gasteiger partial charge on any atom is 0.273 e. The van der Waals surface area contributed by atoms with Crippen LogP contribution in [-0.4, -0.2) is 16.5 Å². The molecule has 118 valence electrons. The van der Waals surface area contributed by atoms with Crippen LogP contribution in [0.25, 0.3) is 0 Å². The first kappa shape index (κ1) is 17.1. The van der Waals surface area contributed by atoms with Gasteiger partial charge in [0.2, 0.25) is 0 Å². The fourth-order valence-electron chi connectivity index (χ4n) is 1.90. The first-order valence-electron chi connectivity index (χ1n) is 6.74. The SMILES string of the molecule is C/C(=N/NC(=O)c1ccc(C)c([N+](=O)[O-])c1)c1ccc(I)cc1. The van der Waals surface area contributed by atoms with E-state index >= 15 is 0 Å². The summed E-state index contributed by atoms with van der Waals surface area (Å²) in [5, 5.41) is 15.0. The molecule has 23 heavy (non-hydrogen) atoms. The Balaban J connectivity index is 2.16. The Morgan fingerprint density at radius 1 is 1.17 bits per heavy atom. The van der Waals surface area contributed by atoms with Crippen molar-refractivity contribution in [1.82, 2.24) is 5.43 Å². The predicted molar refractivity (Wildman–Crippen MR) is 96.7 cm³/mol. The summed E-state index contributed by atoms with van der Waals surface area (Å²) in [4.78, 5) is 22.5. The molecule has 0 saturated heterocycles. The predicted octanol–water partition coefficient (Wildman–Crippen LogP) is 3.66. The first-order valence-corrected chi connectivity index (χ1v) is 7.82. The van der Waals surface area contributed by atoms with Crippen molar-refractivity contribution in [2.75, 3.05) is 0 Å². The third-order valence-electron chi connectivity index (χ3n) is 3.26. The molecule has 6 nitrogen and oxygen atoms in total. The quantitative estimate of drug-likeness (QED) is 0.353. The highest BCUT2D eigenvalue weighted by Crippen LogP contribution is 2.19. The number of hydrogen-bond donors (Lipinski definition) is 1. The lowest BCUT2D eigenvalue weighted by Crippen LogP contribution is -2.19. The van der Waals surface area contributed by atoms with Gasteiger partial charge in [-0.2, -0.15) is 5.10 Å². The molecular weight excluding hydrogens is 409 g/mol. The molecule has 0 radical (unpaired) electrons. The Kier molecular flexibility index (Phi) is 5.43. The summed E-state index contributed by atoms with van der Waals surface area (Å²) in [5.41, 5.74) is 4.57. The summed E-state index contributed by atoms with van der Waals surface area (Å²) in [6.45, 7) is 3.40. The highest BCUT2D eigenvalue weighted by atomic mass is 127. The van der Waals surface area contributed by atoms with E-state index in [1.807, 2.05) is 24.3 Å². The number of halogens is 1. The zero-order valence-corrected chi connectivity index (χ0v) is 14.7. The minimum Gasteiger partial charge on any atom is -0.267 e. The van der Waals surface area contributed by atoms with Crippen LogP contribution >= 0.6 is 22.6 Å². The molecule has 0 aromatic heterocycles. The number of rotatable bonds is 4. The molecule has 0 saturated carbocycles. The van der Waals surface area contributed by atoms with E-state index in [9.17, 15) is 14.9 Å². The molecule has 0 fully saturated rings. The van der Waals surface area contributed by atoms with Crippen LogP contribution in [0.3, 0.4) is 0 Å². The van der Waals surface area contributed by atoms with Gasteiger partial charge in [0.05, 0.1) is 10.6 Å². The van der Waals surface area contributed by atoms with Gasteiger partial charge in [-0.3, -0.25) is 14.9 Å². The number of carbonyl (C=O) groups is 1. The minimum atomic E-state index is -0.508. The molecule has 1 N–H and O–H groups in total. The second kappa shape index (κ2) is 7.32. The number of hydrazone groups is 1. The van der Waals surface area contributed by atoms with E-state index in [1.54, 1.807) is 19.9 Å². The monoisotopic (exact) mass is 423 g/mol. The van der Waals surface area contributed by atoms with Crippen LogP contribution in [0.2, 0.25) is 0 Å². The number of nitrogens with one attached hydrogen (secondary N) is 1. The van der Waals surface area contributed by atoms with Gasteiger partial charge in [-0.25, -0.2) is 5.43 Å². The van der Waals surface area contributed by atoms with Crippen molar-refractivity contribution in [3.8, 4) is 0 Å². The van der Waals surface area contributed by atoms with Gasteiger partial charge >= 0.3 is 0 Å². The first-order chi connectivity index (χ1) is 10.9. The van der Waals surface area contributed by atoms with Gasteiger partial charge in [0, 0.05) is 20.8 Å². The Labute approximate surface area is 146 Å². The topological polar surface area (TPSA) is 84.6 Å². The Morgan fingerprint density at radius 2 is 1.78 bits per heavy atom. The van der Waals surface area contributed by atoms with E-state index in [0.29, 0.717) is 11.3 Å². The highest BCUT2D eigenvalue weighted by molar-refractivity contribution is 14.1. The van der Waals surface area contributed by atoms with Gasteiger partial charge in [-0.15, -0.1) is 0 Å². The molecule has 0 aliphatic heterocycles. The molecular formula is C16H14IN3O3. The number of nitro groups is 1. The van der Waals surface area contributed by atoms with Gasteiger partial charge < -0.3 is 0 Å². The maximum absolute atomic E-state index is 12.1. The Morgan fingerprint density at radius 3 is 2.39 bits per heavy atom. The molecule has 0 heterocycles. The molecule has 0 aliphatic carbocycles. The lowest BCUT2D eigenvalue weighted by molar-refractivity contribution is -0.385. The molecule has 0 aliphatic rings. The molecule has 2 aromatic rings. The van der Waals surface area contributed by atoms with E-state index in [-0.39, 0.29) is 11.3 Å². The number of nitro benzene ring substituents is 1. The van der Waals surface area contributed by atoms with Crippen molar-refractivity contribution >= 4 is 39.9 Å². The Hall–Kier alpha value is -2.29. The van der Waals surface area contributed by atoms with E-state index < -0.39 is 10.8 Å². The van der Waals surface area contributed by atoms with Gasteiger partial charge in [0.15, 0.2) is 0 Å². The normalized spacial score (nSPS) is 11.2. The second-order valence-corrected chi connectivity index (χ2v) is 6.15. The average Bonchev–Trinajstić information content (AvgIpc) is 2.53. The van der Waals surface area contributed by atoms with Crippen molar-refractivity contribution in [1.29, 1.82) is 0 Å². The smallest absolute Gasteiger partial charge is 0.267 e. The molecule has 2 rings (SSSR count). The van der Waals surface area contributed by atoms with Crippen molar-refractivity contribution < 1.29 is 9.72 Å². The summed E-state index contributed by atoms with van der Waals surface area (Å²) in [6, 6.07) is 12.0. The molecule has 0 bridgehead atoms. The maximum atomic E-state index is 12.1. The van der Waals surface area contributed by atoms with Crippen LogP contribution < -0.4 is 5.43 Å². The third-order valence-corrected chi connectivity index (χ3v) is 3.97. The van der Waals surface area contributed by atoms with Crippen molar-refractivity contribution in [3.05, 3.63) is 72.8 Å². The minimum absolute atomic E-state index is 0.0870. The zero-order chi connectivity index (χ0) is 17.0. The number of hydrogen-bond acceptors (Lipinski definition) is 4. The summed E-state index contributed by atoms with van der Waals surface area (Å²) in [7, 11) is 0. The summed E-state index contributed by atoms with van der Waals surface area (Å²) in [6.07, 6.45) is 0. The van der Waals surface area contributed by atoms with Crippen LogP contribution in [0.4, 0.5) is 5.69 Å². The van der Waals surface area contributed by atoms with Crippen LogP contribution in [0.5, 0.6) is 0 Å². The van der Waals surface area contributed by atoms with Crippen molar-refractivity contribution in [3.63, 3.8) is 0 Å². The standard InChI is InChI=1S/C16H14IN3O3/c1-10-3-4-13(9-15(10)20(22)23)16(21)19-18-11(2)12-5-7-14(17)8-6-12/h3-9H,1-2H3,(H,19,21)/b18-11-. The molecule has 0 unspecified atom stereocenters. The van der Waals surface area contributed by atoms with Crippen molar-refractivity contribution in [2.24, 2.45) is 5.10 Å². The summed E-state index contributed by atoms with van der Waals surface area (Å²) in [5.74, 6) is -0.488. The summed E-state index contributed by atoms with van der Waals surface area (Å²) < 4.78 is 1.11. The molecule has 7 heteroatoms. The molecule has 0 spiro atoms. The lowest BCUT2D eigenvalue weighted by atomic mass is 10.1. The van der Waals surface area contributed by atoms with Gasteiger partial charge in [-0.1, -0.05) is 18.2 Å². The van der Waals surface area contributed by atoms with E-state index in [0.717, 1.165) is 9.13 Å². The Bertz CT molecular complexity index is 786. The van der Waals surface area contributed by atoms with Gasteiger partial charge in [0.1, 0.15) is 0 Å². The highest BCUT2D eigenvalue weighted by Gasteiger charge is 2.14. The fraction of sp³-hybridized carbons (Fsp3) is 0.125. The third kappa shape index (κ3) is 4.35. The molecule has 2 aromatic carbocycles. The van der Waals surface area contributed by atoms with E-state index in [1.165, 1.54) is 12.1 Å². The number of carbonyl (C=O) groups excluding carboxylic acids is 1. The van der Waals surface area contributed by atoms with Gasteiger partial charge in [0.25, 0.3) is 11.6 Å². The van der Waals surface area contributed by atoms with E-state index in [4.69, 9.17) is 0 Å². The van der Waals surface area contributed by atoms with E-state index in [2.05, 4.69) is 33.1 Å². The largest absolute Gasteiger partial charge is 0.273 e. The second-order valence-electron chi connectivity index (χ2n) is 4.90. The van der Waals surface area contributed by atoms with Gasteiger partial charge in [-0.05, 0) is 60.2 Å². The van der Waals surface area contributed by atoms with Crippen LogP contribution in [0.15, 0.2) is 47.6 Å². The molecule has 1 amide bonds. The van der Waals surface area contributed by atoms with Crippen LogP contribution in [-0.2, 0) is 0 Å². The number of amides is 1. The average molecular weight is 423 g/mol. The number of nitrogens with zero attached hydrogens (tertiary/aromatic N) is 2. The zero-order valence-electron chi connectivity index (χ0n) is 12.5. The molecule has 0 atom stereocenters. The fourth-order valence-corrected chi connectivity index (χ4v) is 2.26. The summed E-state index contributed by atoms with van der Waals surface area (Å²) >= 11 is 2.21. The van der Waals surface area contributed by atoms with Crippen LogP contribution in [0.1, 0.15) is 28.4 Å². The lowest BCUT2D eigenvalue weighted by Gasteiger charge is -2.04. The number of benzene rings is 2. The number of aryl methyl sites for hydroxylation is 1.